The molecule has 0 fully saturated rings. The van der Waals surface area contributed by atoms with Crippen LogP contribution < -0.4 is 10.2 Å². The molecule has 0 unspecified atom stereocenters. The van der Waals surface area contributed by atoms with Crippen LogP contribution >= 0.6 is 0 Å². The normalized spacial score (nSPS) is 10.2. The molecule has 0 heterocycles. The molecule has 0 atom stereocenters. The largest absolute Gasteiger partial charge is 0.507 e. The van der Waals surface area contributed by atoms with Crippen molar-refractivity contribution in [2.45, 2.75) is 13.8 Å². The Kier molecular flexibility index (Phi) is 4.55. The molecule has 2 rings (SSSR count). The molecule has 2 aromatic carbocycles. The molecular formula is C17H18N2O4. The van der Waals surface area contributed by atoms with Gasteiger partial charge in [0.1, 0.15) is 11.5 Å². The van der Waals surface area contributed by atoms with E-state index in [0.717, 1.165) is 0 Å². The molecule has 23 heavy (non-hydrogen) atoms. The third-order valence-corrected chi connectivity index (χ3v) is 3.45. The summed E-state index contributed by atoms with van der Waals surface area (Å²) >= 11 is 0. The fraction of sp³-hybridized carbons (Fsp3) is 0.176. The summed E-state index contributed by atoms with van der Waals surface area (Å²) in [5, 5.41) is 22.8. The van der Waals surface area contributed by atoms with E-state index in [0.29, 0.717) is 22.5 Å². The number of nitrogens with one attached hydrogen (secondary N) is 1. The van der Waals surface area contributed by atoms with Crippen LogP contribution in [0.5, 0.6) is 11.5 Å². The minimum absolute atomic E-state index is 0.0408. The monoisotopic (exact) mass is 314 g/mol. The smallest absolute Gasteiger partial charge is 0.223 e. The van der Waals surface area contributed by atoms with E-state index in [9.17, 15) is 19.8 Å². The topological polar surface area (TPSA) is 89.9 Å². The van der Waals surface area contributed by atoms with Gasteiger partial charge in [0, 0.05) is 43.4 Å². The van der Waals surface area contributed by atoms with Gasteiger partial charge in [0.2, 0.25) is 11.8 Å². The molecular weight excluding hydrogens is 296 g/mol. The summed E-state index contributed by atoms with van der Waals surface area (Å²) in [5.74, 6) is -0.480. The van der Waals surface area contributed by atoms with Gasteiger partial charge >= 0.3 is 0 Å². The number of hydrogen-bond donors (Lipinski definition) is 3. The average Bonchev–Trinajstić information content (AvgIpc) is 2.48. The van der Waals surface area contributed by atoms with Gasteiger partial charge in [-0.15, -0.1) is 0 Å². The van der Waals surface area contributed by atoms with E-state index in [-0.39, 0.29) is 23.3 Å². The molecule has 0 saturated carbocycles. The molecule has 0 aliphatic carbocycles. The maximum absolute atomic E-state index is 11.5. The highest BCUT2D eigenvalue weighted by Crippen LogP contribution is 2.39. The summed E-state index contributed by atoms with van der Waals surface area (Å²) in [6.45, 7) is 2.81. The maximum atomic E-state index is 11.5. The van der Waals surface area contributed by atoms with Crippen LogP contribution in [-0.4, -0.2) is 29.1 Å². The second-order valence-corrected chi connectivity index (χ2v) is 5.19. The van der Waals surface area contributed by atoms with Crippen molar-refractivity contribution in [2.75, 3.05) is 17.3 Å². The van der Waals surface area contributed by atoms with Gasteiger partial charge in [-0.05, 0) is 36.4 Å². The Bertz CT molecular complexity index is 771. The van der Waals surface area contributed by atoms with E-state index in [4.69, 9.17) is 0 Å². The molecule has 0 aromatic heterocycles. The number of carbonyl (C=O) groups is 2. The van der Waals surface area contributed by atoms with E-state index in [1.807, 2.05) is 0 Å². The fourth-order valence-electron chi connectivity index (χ4n) is 2.16. The van der Waals surface area contributed by atoms with Gasteiger partial charge in [-0.25, -0.2) is 0 Å². The lowest BCUT2D eigenvalue weighted by atomic mass is 10.0. The first-order valence-electron chi connectivity index (χ1n) is 6.98. The van der Waals surface area contributed by atoms with Crippen molar-refractivity contribution < 1.29 is 19.8 Å². The Balaban J connectivity index is 2.54. The zero-order valence-corrected chi connectivity index (χ0v) is 13.1. The highest BCUT2D eigenvalue weighted by molar-refractivity contribution is 5.93. The van der Waals surface area contributed by atoms with Crippen LogP contribution in [-0.2, 0) is 9.59 Å². The van der Waals surface area contributed by atoms with Gasteiger partial charge in [0.25, 0.3) is 0 Å². The lowest BCUT2D eigenvalue weighted by molar-refractivity contribution is -0.116. The summed E-state index contributed by atoms with van der Waals surface area (Å²) in [6, 6.07) is 9.21. The average molecular weight is 314 g/mol. The molecule has 0 spiro atoms. The first-order chi connectivity index (χ1) is 10.8. The molecule has 0 radical (unpaired) electrons. The first kappa shape index (κ1) is 16.4. The number of carbonyl (C=O) groups excluding carboxylic acids is 2. The number of amides is 2. The number of aromatic hydroxyl groups is 2. The Morgan fingerprint density at radius 3 is 2.09 bits per heavy atom. The van der Waals surface area contributed by atoms with E-state index < -0.39 is 0 Å². The molecule has 6 nitrogen and oxygen atoms in total. The molecule has 120 valence electrons. The third-order valence-electron chi connectivity index (χ3n) is 3.45. The van der Waals surface area contributed by atoms with Gasteiger partial charge < -0.3 is 20.4 Å². The quantitative estimate of drug-likeness (QED) is 0.760. The number of nitrogens with zero attached hydrogens (tertiary/aromatic N) is 1. The summed E-state index contributed by atoms with van der Waals surface area (Å²) in [6.07, 6.45) is 0. The van der Waals surface area contributed by atoms with Gasteiger partial charge in [-0.1, -0.05) is 0 Å². The predicted octanol–water partition coefficient (Wildman–Crippen LogP) is 2.71. The third kappa shape index (κ3) is 3.60. The van der Waals surface area contributed by atoms with Gasteiger partial charge in [-0.3, -0.25) is 9.59 Å². The SMILES string of the molecule is CC(=O)Nc1ccc(O)c(-c2cc(N(C)C(C)=O)ccc2O)c1. The second-order valence-electron chi connectivity index (χ2n) is 5.19. The lowest BCUT2D eigenvalue weighted by Crippen LogP contribution is -2.22. The number of phenols is 2. The molecule has 2 amide bonds. The lowest BCUT2D eigenvalue weighted by Gasteiger charge is -2.17. The minimum atomic E-state index is -0.240. The minimum Gasteiger partial charge on any atom is -0.507 e. The van der Waals surface area contributed by atoms with Crippen LogP contribution in [0.1, 0.15) is 13.8 Å². The molecule has 6 heteroatoms. The summed E-state index contributed by atoms with van der Waals surface area (Å²) in [4.78, 5) is 24.1. The second kappa shape index (κ2) is 6.39. The Morgan fingerprint density at radius 2 is 1.52 bits per heavy atom. The van der Waals surface area contributed by atoms with Crippen LogP contribution in [0.25, 0.3) is 11.1 Å². The van der Waals surface area contributed by atoms with E-state index in [1.165, 1.54) is 30.9 Å². The van der Waals surface area contributed by atoms with Crippen LogP contribution in [0.15, 0.2) is 36.4 Å². The van der Waals surface area contributed by atoms with Crippen molar-refractivity contribution in [3.8, 4) is 22.6 Å². The maximum Gasteiger partial charge on any atom is 0.223 e. The predicted molar refractivity (Wildman–Crippen MR) is 88.6 cm³/mol. The van der Waals surface area contributed by atoms with Crippen molar-refractivity contribution in [2.24, 2.45) is 0 Å². The Morgan fingerprint density at radius 1 is 0.957 bits per heavy atom. The van der Waals surface area contributed by atoms with E-state index in [1.54, 1.807) is 31.3 Å². The van der Waals surface area contributed by atoms with Gasteiger partial charge in [0.05, 0.1) is 0 Å². The van der Waals surface area contributed by atoms with Gasteiger partial charge in [0.15, 0.2) is 0 Å². The van der Waals surface area contributed by atoms with Crippen molar-refractivity contribution in [1.29, 1.82) is 0 Å². The van der Waals surface area contributed by atoms with Crippen molar-refractivity contribution in [3.05, 3.63) is 36.4 Å². The summed E-state index contributed by atoms with van der Waals surface area (Å²) in [7, 11) is 1.62. The Hall–Kier alpha value is -3.02. The van der Waals surface area contributed by atoms with E-state index >= 15 is 0 Å². The zero-order valence-electron chi connectivity index (χ0n) is 13.1. The summed E-state index contributed by atoms with van der Waals surface area (Å²) in [5.41, 5.74) is 1.79. The number of hydrogen-bond acceptors (Lipinski definition) is 4. The Labute approximate surface area is 134 Å². The van der Waals surface area contributed by atoms with Crippen LogP contribution in [0, 0.1) is 0 Å². The molecule has 2 aromatic rings. The molecule has 3 N–H and O–H groups in total. The summed E-state index contributed by atoms with van der Waals surface area (Å²) < 4.78 is 0. The first-order valence-corrected chi connectivity index (χ1v) is 6.98. The van der Waals surface area contributed by atoms with Crippen molar-refractivity contribution >= 4 is 23.2 Å². The molecule has 0 aliphatic rings. The number of anilines is 2. The molecule has 0 aliphatic heterocycles. The molecule has 0 bridgehead atoms. The van der Waals surface area contributed by atoms with Gasteiger partial charge in [-0.2, -0.15) is 0 Å². The van der Waals surface area contributed by atoms with Crippen LogP contribution in [0.2, 0.25) is 0 Å². The molecule has 0 saturated heterocycles. The highest BCUT2D eigenvalue weighted by atomic mass is 16.3. The number of phenolic OH excluding ortho intramolecular Hbond substituents is 2. The highest BCUT2D eigenvalue weighted by Gasteiger charge is 2.14. The van der Waals surface area contributed by atoms with Crippen LogP contribution in [0.4, 0.5) is 11.4 Å². The standard InChI is InChI=1S/C17H18N2O4/c1-10(20)18-12-4-6-16(22)14(8-12)15-9-13(5-7-17(15)23)19(3)11(2)21/h4-9,22-23H,1-3H3,(H,18,20). The number of rotatable bonds is 3. The zero-order chi connectivity index (χ0) is 17.1. The van der Waals surface area contributed by atoms with Crippen molar-refractivity contribution in [1.82, 2.24) is 0 Å². The van der Waals surface area contributed by atoms with Crippen molar-refractivity contribution in [3.63, 3.8) is 0 Å². The van der Waals surface area contributed by atoms with Crippen LogP contribution in [0.3, 0.4) is 0 Å². The fourth-order valence-corrected chi connectivity index (χ4v) is 2.16. The van der Waals surface area contributed by atoms with E-state index in [2.05, 4.69) is 5.32 Å². The number of benzene rings is 2.